The molecule has 1 heterocycles. The van der Waals surface area contributed by atoms with E-state index in [0.29, 0.717) is 11.1 Å². The molecule has 0 spiro atoms. The molecule has 0 amide bonds. The van der Waals surface area contributed by atoms with Crippen molar-refractivity contribution in [3.05, 3.63) is 34.6 Å². The van der Waals surface area contributed by atoms with E-state index in [0.717, 1.165) is 18.4 Å². The third-order valence-corrected chi connectivity index (χ3v) is 3.51. The van der Waals surface area contributed by atoms with Crippen LogP contribution in [-0.2, 0) is 4.74 Å². The van der Waals surface area contributed by atoms with Crippen molar-refractivity contribution in [1.82, 2.24) is 0 Å². The molecule has 1 aliphatic rings. The first-order valence-corrected chi connectivity index (χ1v) is 6.16. The van der Waals surface area contributed by atoms with Crippen LogP contribution in [0.2, 0.25) is 0 Å². The van der Waals surface area contributed by atoms with Crippen LogP contribution >= 0.6 is 0 Å². The summed E-state index contributed by atoms with van der Waals surface area (Å²) in [5, 5.41) is 0. The highest BCUT2D eigenvalue weighted by Crippen LogP contribution is 2.29. The van der Waals surface area contributed by atoms with Crippen molar-refractivity contribution < 1.29 is 9.13 Å². The van der Waals surface area contributed by atoms with Crippen molar-refractivity contribution in [3.8, 4) is 0 Å². The van der Waals surface area contributed by atoms with Gasteiger partial charge in [-0.15, -0.1) is 0 Å². The molecule has 0 radical (unpaired) electrons. The molecule has 2 N–H and O–H groups in total. The Morgan fingerprint density at radius 1 is 1.29 bits per heavy atom. The van der Waals surface area contributed by atoms with E-state index >= 15 is 0 Å². The van der Waals surface area contributed by atoms with Gasteiger partial charge in [0, 0.05) is 0 Å². The van der Waals surface area contributed by atoms with E-state index in [2.05, 4.69) is 6.92 Å². The zero-order chi connectivity index (χ0) is 12.6. The maximum atomic E-state index is 13.5. The molecular weight excluding hydrogens is 217 g/mol. The van der Waals surface area contributed by atoms with Crippen LogP contribution in [0.3, 0.4) is 0 Å². The third kappa shape index (κ3) is 2.50. The standard InChI is InChI=1S/C14H20FNO/c1-8-6-11(7-9(2)13(8)15)14(16)12-5-4-10(3)17-12/h6-7,10,12,14H,4-5,16H2,1-3H3. The van der Waals surface area contributed by atoms with Crippen molar-refractivity contribution in [2.24, 2.45) is 5.73 Å². The third-order valence-electron chi connectivity index (χ3n) is 3.51. The highest BCUT2D eigenvalue weighted by molar-refractivity contribution is 5.32. The van der Waals surface area contributed by atoms with Gasteiger partial charge < -0.3 is 10.5 Å². The van der Waals surface area contributed by atoms with Crippen LogP contribution in [0.1, 0.15) is 42.5 Å². The number of hydrogen-bond donors (Lipinski definition) is 1. The normalized spacial score (nSPS) is 26.2. The second-order valence-corrected chi connectivity index (χ2v) is 5.06. The van der Waals surface area contributed by atoms with Crippen LogP contribution < -0.4 is 5.73 Å². The van der Waals surface area contributed by atoms with Gasteiger partial charge in [-0.3, -0.25) is 0 Å². The molecule has 2 nitrogen and oxygen atoms in total. The summed E-state index contributed by atoms with van der Waals surface area (Å²) < 4.78 is 19.3. The molecule has 1 fully saturated rings. The predicted octanol–water partition coefficient (Wildman–Crippen LogP) is 3.01. The minimum absolute atomic E-state index is 0.0641. The second-order valence-electron chi connectivity index (χ2n) is 5.06. The predicted molar refractivity (Wildman–Crippen MR) is 66.4 cm³/mol. The Morgan fingerprint density at radius 3 is 2.35 bits per heavy atom. The Labute approximate surface area is 102 Å². The lowest BCUT2D eigenvalue weighted by atomic mass is 9.96. The van der Waals surface area contributed by atoms with Crippen molar-refractivity contribution in [1.29, 1.82) is 0 Å². The van der Waals surface area contributed by atoms with Gasteiger partial charge in [0.25, 0.3) is 0 Å². The van der Waals surface area contributed by atoms with E-state index in [9.17, 15) is 4.39 Å². The van der Waals surface area contributed by atoms with E-state index in [1.807, 2.05) is 12.1 Å². The van der Waals surface area contributed by atoms with Crippen LogP contribution in [0.5, 0.6) is 0 Å². The Balaban J connectivity index is 2.22. The average Bonchev–Trinajstić information content (AvgIpc) is 2.71. The number of rotatable bonds is 2. The molecule has 0 aromatic heterocycles. The minimum atomic E-state index is -0.155. The summed E-state index contributed by atoms with van der Waals surface area (Å²) in [6, 6.07) is 3.51. The number of hydrogen-bond acceptors (Lipinski definition) is 2. The Morgan fingerprint density at radius 2 is 1.88 bits per heavy atom. The molecule has 0 bridgehead atoms. The number of nitrogens with two attached hydrogens (primary N) is 1. The van der Waals surface area contributed by atoms with E-state index in [-0.39, 0.29) is 24.1 Å². The van der Waals surface area contributed by atoms with Crippen molar-refractivity contribution in [2.75, 3.05) is 0 Å². The molecule has 1 saturated heterocycles. The Hall–Kier alpha value is -0.930. The first kappa shape index (κ1) is 12.5. The average molecular weight is 237 g/mol. The minimum Gasteiger partial charge on any atom is -0.373 e. The topological polar surface area (TPSA) is 35.2 Å². The number of benzene rings is 1. The Bertz CT molecular complexity index is 396. The van der Waals surface area contributed by atoms with Gasteiger partial charge in [0.1, 0.15) is 5.82 Å². The number of ether oxygens (including phenoxy) is 1. The fraction of sp³-hybridized carbons (Fsp3) is 0.571. The van der Waals surface area contributed by atoms with Gasteiger partial charge in [-0.25, -0.2) is 4.39 Å². The van der Waals surface area contributed by atoms with Gasteiger partial charge in [0.05, 0.1) is 18.2 Å². The maximum Gasteiger partial charge on any atom is 0.129 e. The zero-order valence-electron chi connectivity index (χ0n) is 10.7. The fourth-order valence-electron chi connectivity index (χ4n) is 2.48. The van der Waals surface area contributed by atoms with Gasteiger partial charge in [-0.2, -0.15) is 0 Å². The van der Waals surface area contributed by atoms with Crippen LogP contribution in [-0.4, -0.2) is 12.2 Å². The smallest absolute Gasteiger partial charge is 0.129 e. The molecule has 0 saturated carbocycles. The van der Waals surface area contributed by atoms with Gasteiger partial charge in [-0.05, 0) is 50.3 Å². The summed E-state index contributed by atoms with van der Waals surface area (Å²) in [4.78, 5) is 0. The highest BCUT2D eigenvalue weighted by atomic mass is 19.1. The summed E-state index contributed by atoms with van der Waals surface area (Å²) >= 11 is 0. The van der Waals surface area contributed by atoms with E-state index in [1.165, 1.54) is 0 Å². The second kappa shape index (κ2) is 4.75. The molecule has 94 valence electrons. The molecular formula is C14H20FNO. The quantitative estimate of drug-likeness (QED) is 0.858. The summed E-state index contributed by atoms with van der Waals surface area (Å²) in [7, 11) is 0. The molecule has 3 unspecified atom stereocenters. The molecule has 17 heavy (non-hydrogen) atoms. The molecule has 0 aliphatic carbocycles. The van der Waals surface area contributed by atoms with Crippen molar-refractivity contribution in [3.63, 3.8) is 0 Å². The van der Waals surface area contributed by atoms with Gasteiger partial charge in [0.15, 0.2) is 0 Å². The number of aryl methyl sites for hydroxylation is 2. The fourth-order valence-corrected chi connectivity index (χ4v) is 2.48. The first-order valence-electron chi connectivity index (χ1n) is 6.16. The van der Waals surface area contributed by atoms with E-state index in [1.54, 1.807) is 13.8 Å². The summed E-state index contributed by atoms with van der Waals surface area (Å²) in [5.41, 5.74) is 8.48. The number of halogens is 1. The molecule has 1 aromatic carbocycles. The molecule has 2 rings (SSSR count). The monoisotopic (exact) mass is 237 g/mol. The van der Waals surface area contributed by atoms with Gasteiger partial charge in [-0.1, -0.05) is 12.1 Å². The largest absolute Gasteiger partial charge is 0.373 e. The molecule has 3 heteroatoms. The Kier molecular flexibility index (Phi) is 3.50. The summed E-state index contributed by atoms with van der Waals surface area (Å²) in [5.74, 6) is -0.137. The van der Waals surface area contributed by atoms with Crippen molar-refractivity contribution >= 4 is 0 Å². The molecule has 3 atom stereocenters. The van der Waals surface area contributed by atoms with Crippen molar-refractivity contribution in [2.45, 2.75) is 51.9 Å². The summed E-state index contributed by atoms with van der Waals surface area (Å²) in [6.45, 7) is 5.61. The lowest BCUT2D eigenvalue weighted by Gasteiger charge is -2.21. The first-order chi connectivity index (χ1) is 7.99. The van der Waals surface area contributed by atoms with Crippen LogP contribution in [0.25, 0.3) is 0 Å². The van der Waals surface area contributed by atoms with E-state index in [4.69, 9.17) is 10.5 Å². The van der Waals surface area contributed by atoms with Crippen LogP contribution in [0, 0.1) is 19.7 Å². The zero-order valence-corrected chi connectivity index (χ0v) is 10.7. The van der Waals surface area contributed by atoms with Crippen LogP contribution in [0.4, 0.5) is 4.39 Å². The van der Waals surface area contributed by atoms with E-state index < -0.39 is 0 Å². The lowest BCUT2D eigenvalue weighted by molar-refractivity contribution is 0.0401. The SMILES string of the molecule is Cc1cc(C(N)C2CCC(C)O2)cc(C)c1F. The maximum absolute atomic E-state index is 13.5. The summed E-state index contributed by atoms with van der Waals surface area (Å²) in [6.07, 6.45) is 2.39. The van der Waals surface area contributed by atoms with Crippen LogP contribution in [0.15, 0.2) is 12.1 Å². The molecule has 1 aliphatic heterocycles. The van der Waals surface area contributed by atoms with Gasteiger partial charge >= 0.3 is 0 Å². The molecule has 1 aromatic rings. The lowest BCUT2D eigenvalue weighted by Crippen LogP contribution is -2.26. The highest BCUT2D eigenvalue weighted by Gasteiger charge is 2.28. The van der Waals surface area contributed by atoms with Gasteiger partial charge in [0.2, 0.25) is 0 Å².